The summed E-state index contributed by atoms with van der Waals surface area (Å²) in [6.07, 6.45) is -0.879. The first-order valence-electron chi connectivity index (χ1n) is 11.6. The van der Waals surface area contributed by atoms with E-state index >= 15 is 0 Å². The highest BCUT2D eigenvalue weighted by Gasteiger charge is 2.67. The Hall–Kier alpha value is -2.22. The second kappa shape index (κ2) is 11.3. The number of anilines is 1. The van der Waals surface area contributed by atoms with Gasteiger partial charge in [0.15, 0.2) is 5.78 Å². The van der Waals surface area contributed by atoms with Gasteiger partial charge in [0.1, 0.15) is 21.8 Å². The van der Waals surface area contributed by atoms with Crippen LogP contribution in [0.3, 0.4) is 0 Å². The average molecular weight is 634 g/mol. The maximum Gasteiger partial charge on any atom is 0.231 e. The van der Waals surface area contributed by atoms with Gasteiger partial charge in [-0.05, 0) is 60.9 Å². The van der Waals surface area contributed by atoms with Crippen LogP contribution in [-0.4, -0.2) is 21.8 Å². The fourth-order valence-electron chi connectivity index (χ4n) is 4.50. The van der Waals surface area contributed by atoms with E-state index in [4.69, 9.17) is 58.0 Å². The highest BCUT2D eigenvalue weighted by molar-refractivity contribution is 6.53. The van der Waals surface area contributed by atoms with Crippen molar-refractivity contribution in [1.82, 2.24) is 0 Å². The lowest BCUT2D eigenvalue weighted by molar-refractivity contribution is -0.117. The first-order chi connectivity index (χ1) is 18.2. The molecule has 0 heterocycles. The van der Waals surface area contributed by atoms with Crippen LogP contribution in [0.1, 0.15) is 45.5 Å². The average Bonchev–Trinajstić information content (AvgIpc) is 3.44. The molecule has 2 atom stereocenters. The van der Waals surface area contributed by atoms with Crippen LogP contribution < -0.4 is 5.32 Å². The number of benzene rings is 3. The van der Waals surface area contributed by atoms with Crippen LogP contribution in [0.25, 0.3) is 0 Å². The molecule has 1 amide bonds. The summed E-state index contributed by atoms with van der Waals surface area (Å²) < 4.78 is 27.6. The van der Waals surface area contributed by atoms with Crippen LogP contribution in [0.2, 0.25) is 15.1 Å². The number of halogens is 7. The van der Waals surface area contributed by atoms with Gasteiger partial charge in [-0.1, -0.05) is 46.9 Å². The van der Waals surface area contributed by atoms with Crippen LogP contribution in [0.15, 0.2) is 42.5 Å². The van der Waals surface area contributed by atoms with Crippen molar-refractivity contribution in [1.29, 1.82) is 0 Å². The van der Waals surface area contributed by atoms with Gasteiger partial charge in [-0.2, -0.15) is 0 Å². The topological polar surface area (TPSA) is 63.2 Å². The van der Waals surface area contributed by atoms with Gasteiger partial charge in [-0.3, -0.25) is 14.4 Å². The van der Waals surface area contributed by atoms with Gasteiger partial charge in [-0.15, -0.1) is 23.2 Å². The largest absolute Gasteiger partial charge is 0.326 e. The number of carbonyl (C=O) groups excluding carboxylic acids is 3. The molecule has 0 aromatic heterocycles. The Bertz CT molecular complexity index is 1530. The molecule has 0 unspecified atom stereocenters. The number of aryl methyl sites for hydroxylation is 1. The van der Waals surface area contributed by atoms with Gasteiger partial charge >= 0.3 is 0 Å². The number of nitrogens with one attached hydrogen (secondary N) is 1. The third kappa shape index (κ3) is 6.10. The number of ketones is 2. The Kier molecular flexibility index (Phi) is 8.65. The molecule has 204 valence electrons. The van der Waals surface area contributed by atoms with Gasteiger partial charge in [0.2, 0.25) is 5.91 Å². The van der Waals surface area contributed by atoms with Gasteiger partial charge in [-0.25, -0.2) is 8.78 Å². The molecule has 0 aliphatic heterocycles. The van der Waals surface area contributed by atoms with Crippen molar-refractivity contribution >= 4 is 81.2 Å². The summed E-state index contributed by atoms with van der Waals surface area (Å²) in [4.78, 5) is 37.7. The minimum Gasteiger partial charge on any atom is -0.326 e. The molecule has 1 aliphatic carbocycles. The summed E-state index contributed by atoms with van der Waals surface area (Å²) in [5, 5.41) is 3.49. The summed E-state index contributed by atoms with van der Waals surface area (Å²) in [7, 11) is 0. The molecule has 0 bridgehead atoms. The van der Waals surface area contributed by atoms with E-state index in [1.165, 1.54) is 13.0 Å². The third-order valence-electron chi connectivity index (χ3n) is 6.50. The number of alkyl halides is 2. The smallest absolute Gasteiger partial charge is 0.231 e. The predicted molar refractivity (Wildman–Crippen MR) is 151 cm³/mol. The van der Waals surface area contributed by atoms with E-state index < -0.39 is 63.7 Å². The quantitative estimate of drug-likeness (QED) is 0.201. The van der Waals surface area contributed by atoms with E-state index in [0.717, 1.165) is 12.1 Å². The van der Waals surface area contributed by atoms with Crippen LogP contribution in [0.5, 0.6) is 0 Å². The van der Waals surface area contributed by atoms with Crippen molar-refractivity contribution in [3.8, 4) is 0 Å². The van der Waals surface area contributed by atoms with Gasteiger partial charge in [0, 0.05) is 35.6 Å². The maximum atomic E-state index is 14.9. The Morgan fingerprint density at radius 3 is 2.28 bits per heavy atom. The number of Topliss-reactive ketones (excluding diaryl/α,β-unsaturated/α-hetero) is 2. The van der Waals surface area contributed by atoms with Crippen molar-refractivity contribution in [2.24, 2.45) is 5.92 Å². The van der Waals surface area contributed by atoms with Crippen LogP contribution in [0, 0.1) is 24.5 Å². The van der Waals surface area contributed by atoms with E-state index in [2.05, 4.69) is 5.32 Å². The fourth-order valence-corrected chi connectivity index (χ4v) is 5.85. The maximum absolute atomic E-state index is 14.9. The lowest BCUT2D eigenvalue weighted by Crippen LogP contribution is -2.18. The lowest BCUT2D eigenvalue weighted by Gasteiger charge is -2.13. The highest BCUT2D eigenvalue weighted by Crippen LogP contribution is 2.65. The van der Waals surface area contributed by atoms with Gasteiger partial charge in [0.25, 0.3) is 0 Å². The van der Waals surface area contributed by atoms with E-state index in [-0.39, 0.29) is 21.8 Å². The zero-order chi connectivity index (χ0) is 28.8. The number of rotatable bonds is 8. The summed E-state index contributed by atoms with van der Waals surface area (Å²) in [6.45, 7) is 2.85. The molecule has 4 nitrogen and oxygen atoms in total. The molecular formula is C28H20Cl5F2NO3. The molecule has 1 saturated carbocycles. The monoisotopic (exact) mass is 631 g/mol. The third-order valence-corrected chi connectivity index (χ3v) is 8.69. The molecular weight excluding hydrogens is 614 g/mol. The van der Waals surface area contributed by atoms with Crippen LogP contribution >= 0.6 is 58.0 Å². The number of amides is 1. The Balaban J connectivity index is 1.56. The molecule has 11 heteroatoms. The molecule has 3 aromatic carbocycles. The van der Waals surface area contributed by atoms with E-state index in [9.17, 15) is 23.2 Å². The fraction of sp³-hybridized carbons (Fsp3) is 0.250. The Morgan fingerprint density at radius 1 is 0.949 bits per heavy atom. The first kappa shape index (κ1) is 29.8. The molecule has 0 radical (unpaired) electrons. The number of carbonyl (C=O) groups is 3. The van der Waals surface area contributed by atoms with Crippen molar-refractivity contribution < 1.29 is 23.2 Å². The van der Waals surface area contributed by atoms with E-state index in [1.54, 1.807) is 31.2 Å². The Labute approximate surface area is 248 Å². The molecule has 4 rings (SSSR count). The normalized spacial score (nSPS) is 17.6. The summed E-state index contributed by atoms with van der Waals surface area (Å²) in [5.41, 5.74) is 0.923. The van der Waals surface area contributed by atoms with Crippen molar-refractivity contribution in [3.63, 3.8) is 0 Å². The standard InChI is InChI=1S/C28H20Cl5F2NO3/c1-12-7-16(36-27(39)24-23(28(24,32)33)14-3-5-19(29)20(30)9-14)11-18(25(12)31)22(38)10-15-4-6-21(34)17(26(15)35)8-13(2)37/h3-7,9,11,23-24H,8,10H2,1-2H3,(H,36,39)/t23-,24+/m0/s1. The summed E-state index contributed by atoms with van der Waals surface area (Å²) in [5.74, 6) is -4.67. The minimum absolute atomic E-state index is 0.0312. The van der Waals surface area contributed by atoms with Gasteiger partial charge < -0.3 is 5.32 Å². The van der Waals surface area contributed by atoms with Crippen molar-refractivity contribution in [2.75, 3.05) is 5.32 Å². The second-order valence-electron chi connectivity index (χ2n) is 9.43. The summed E-state index contributed by atoms with van der Waals surface area (Å²) >= 11 is 31.3. The second-order valence-corrected chi connectivity index (χ2v) is 12.1. The first-order valence-corrected chi connectivity index (χ1v) is 13.5. The molecule has 39 heavy (non-hydrogen) atoms. The molecule has 1 N–H and O–H groups in total. The summed E-state index contributed by atoms with van der Waals surface area (Å²) in [6, 6.07) is 9.97. The van der Waals surface area contributed by atoms with Gasteiger partial charge in [0.05, 0.1) is 21.0 Å². The van der Waals surface area contributed by atoms with Crippen LogP contribution in [0.4, 0.5) is 14.5 Å². The van der Waals surface area contributed by atoms with E-state index in [0.29, 0.717) is 21.2 Å². The number of hydrogen-bond donors (Lipinski definition) is 1. The predicted octanol–water partition coefficient (Wildman–Crippen LogP) is 8.32. The van der Waals surface area contributed by atoms with Crippen LogP contribution in [-0.2, 0) is 22.4 Å². The molecule has 0 saturated heterocycles. The highest BCUT2D eigenvalue weighted by atomic mass is 35.5. The Morgan fingerprint density at radius 2 is 1.64 bits per heavy atom. The molecule has 3 aromatic rings. The minimum atomic E-state index is -1.39. The molecule has 1 fully saturated rings. The number of hydrogen-bond acceptors (Lipinski definition) is 3. The van der Waals surface area contributed by atoms with Crippen molar-refractivity contribution in [3.05, 3.63) is 97.0 Å². The van der Waals surface area contributed by atoms with E-state index in [1.807, 2.05) is 0 Å². The zero-order valence-corrected chi connectivity index (χ0v) is 24.3. The van der Waals surface area contributed by atoms with Crippen molar-refractivity contribution in [2.45, 2.75) is 36.9 Å². The molecule has 1 aliphatic rings. The zero-order valence-electron chi connectivity index (χ0n) is 20.5. The SMILES string of the molecule is CC(=O)Cc1c(F)ccc(CC(=O)c2cc(NC(=O)[C@H]3[C@H](c4ccc(Cl)c(Cl)c4)C3(Cl)Cl)cc(C)c2Cl)c1F. The molecule has 0 spiro atoms. The lowest BCUT2D eigenvalue weighted by atomic mass is 9.97.